The fraction of sp³-hybridized carbons (Fsp3) is 0.429. The van der Waals surface area contributed by atoms with Crippen LogP contribution in [0.25, 0.3) is 0 Å². The van der Waals surface area contributed by atoms with Crippen LogP contribution in [0.15, 0.2) is 30.3 Å². The second-order valence-corrected chi connectivity index (χ2v) is 4.17. The third kappa shape index (κ3) is 3.16. The first-order valence-electron chi connectivity index (χ1n) is 5.87. The monoisotopic (exact) mass is 233 g/mol. The zero-order valence-corrected chi connectivity index (χ0v) is 10.6. The molecule has 1 aromatic rings. The summed E-state index contributed by atoms with van der Waals surface area (Å²) in [5.41, 5.74) is 0.950. The summed E-state index contributed by atoms with van der Waals surface area (Å²) in [7, 11) is 1.75. The van der Waals surface area contributed by atoms with Gasteiger partial charge in [-0.25, -0.2) is 0 Å². The first kappa shape index (κ1) is 13.4. The molecule has 2 atom stereocenters. The van der Waals surface area contributed by atoms with E-state index in [2.05, 4.69) is 0 Å². The van der Waals surface area contributed by atoms with Crippen LogP contribution in [0.4, 0.5) is 0 Å². The van der Waals surface area contributed by atoms with E-state index < -0.39 is 0 Å². The highest BCUT2D eigenvalue weighted by Gasteiger charge is 2.24. The zero-order chi connectivity index (χ0) is 12.8. The van der Waals surface area contributed by atoms with E-state index >= 15 is 0 Å². The Morgan fingerprint density at radius 2 is 1.94 bits per heavy atom. The van der Waals surface area contributed by atoms with Crippen LogP contribution in [0.1, 0.15) is 31.7 Å². The van der Waals surface area contributed by atoms with Crippen LogP contribution in [0.5, 0.6) is 0 Å². The second-order valence-electron chi connectivity index (χ2n) is 4.17. The molecule has 0 aromatic heterocycles. The van der Waals surface area contributed by atoms with Gasteiger partial charge in [0.25, 0.3) is 0 Å². The van der Waals surface area contributed by atoms with Gasteiger partial charge in [-0.3, -0.25) is 4.79 Å². The number of hydrogen-bond acceptors (Lipinski definition) is 2. The Kier molecular flexibility index (Phi) is 4.88. The molecule has 0 aliphatic rings. The Bertz CT molecular complexity index is 375. The number of rotatable bonds is 5. The molecule has 0 bridgehead atoms. The van der Waals surface area contributed by atoms with Crippen molar-refractivity contribution >= 4 is 12.2 Å². The third-order valence-electron chi connectivity index (χ3n) is 3.16. The van der Waals surface area contributed by atoms with Crippen LogP contribution >= 0.6 is 0 Å². The molecule has 0 fully saturated rings. The number of hydrogen-bond donors (Lipinski definition) is 0. The van der Waals surface area contributed by atoms with Crippen LogP contribution in [-0.2, 0) is 9.59 Å². The fourth-order valence-corrected chi connectivity index (χ4v) is 1.86. The summed E-state index contributed by atoms with van der Waals surface area (Å²) in [5, 5.41) is 0. The van der Waals surface area contributed by atoms with Crippen molar-refractivity contribution < 1.29 is 9.59 Å². The van der Waals surface area contributed by atoms with E-state index in [0.717, 1.165) is 11.8 Å². The Morgan fingerprint density at radius 1 is 1.35 bits per heavy atom. The maximum Gasteiger partial charge on any atom is 0.222 e. The predicted molar refractivity (Wildman–Crippen MR) is 67.8 cm³/mol. The molecule has 0 aliphatic carbocycles. The van der Waals surface area contributed by atoms with Crippen molar-refractivity contribution in [3.8, 4) is 0 Å². The minimum Gasteiger partial charge on any atom is -0.342 e. The maximum atomic E-state index is 11.6. The van der Waals surface area contributed by atoms with Gasteiger partial charge in [-0.1, -0.05) is 37.3 Å². The van der Waals surface area contributed by atoms with Crippen LogP contribution in [0.2, 0.25) is 0 Å². The highest BCUT2D eigenvalue weighted by molar-refractivity contribution is 5.77. The highest BCUT2D eigenvalue weighted by atomic mass is 16.2. The Morgan fingerprint density at radius 3 is 2.41 bits per heavy atom. The average molecular weight is 233 g/mol. The lowest BCUT2D eigenvalue weighted by atomic mass is 9.93. The molecule has 0 radical (unpaired) electrons. The first-order chi connectivity index (χ1) is 8.11. The molecule has 0 aliphatic heterocycles. The second kappa shape index (κ2) is 6.18. The smallest absolute Gasteiger partial charge is 0.222 e. The molecule has 0 saturated heterocycles. The first-order valence-corrected chi connectivity index (χ1v) is 5.87. The van der Waals surface area contributed by atoms with Crippen molar-refractivity contribution in [3.05, 3.63) is 35.9 Å². The van der Waals surface area contributed by atoms with E-state index in [0.29, 0.717) is 6.42 Å². The predicted octanol–water partition coefficient (Wildman–Crippen LogP) is 2.23. The largest absolute Gasteiger partial charge is 0.342 e. The van der Waals surface area contributed by atoms with E-state index in [1.807, 2.05) is 44.2 Å². The molecule has 0 spiro atoms. The van der Waals surface area contributed by atoms with Crippen molar-refractivity contribution in [2.45, 2.75) is 32.2 Å². The molecule has 3 nitrogen and oxygen atoms in total. The van der Waals surface area contributed by atoms with Crippen LogP contribution in [-0.4, -0.2) is 30.2 Å². The lowest BCUT2D eigenvalue weighted by Gasteiger charge is -2.29. The van der Waals surface area contributed by atoms with E-state index in [-0.39, 0.29) is 17.9 Å². The molecular weight excluding hydrogens is 214 g/mol. The summed E-state index contributed by atoms with van der Waals surface area (Å²) in [5.74, 6) is -0.211. The topological polar surface area (TPSA) is 37.4 Å². The number of carbonyl (C=O) groups excluding carboxylic acids is 2. The summed E-state index contributed by atoms with van der Waals surface area (Å²) in [6.45, 7) is 3.73. The summed E-state index contributed by atoms with van der Waals surface area (Å²) in [4.78, 5) is 24.5. The molecule has 92 valence electrons. The quantitative estimate of drug-likeness (QED) is 0.731. The number of nitrogens with zero attached hydrogens (tertiary/aromatic N) is 1. The molecule has 1 amide bonds. The lowest BCUT2D eigenvalue weighted by molar-refractivity contribution is -0.132. The molecular formula is C14H19NO2. The Hall–Kier alpha value is -1.64. The number of benzene rings is 1. The summed E-state index contributed by atoms with van der Waals surface area (Å²) in [6, 6.07) is 9.43. The van der Waals surface area contributed by atoms with Gasteiger partial charge < -0.3 is 9.69 Å². The van der Waals surface area contributed by atoms with Gasteiger partial charge in [0, 0.05) is 19.5 Å². The van der Waals surface area contributed by atoms with Gasteiger partial charge in [-0.15, -0.1) is 0 Å². The molecule has 1 aromatic carbocycles. The zero-order valence-electron chi connectivity index (χ0n) is 10.6. The van der Waals surface area contributed by atoms with Gasteiger partial charge in [-0.2, -0.15) is 0 Å². The SMILES string of the molecule is CCC(=O)N(C)[C@@H](C)C(C=O)c1ccccc1. The number of amides is 1. The third-order valence-corrected chi connectivity index (χ3v) is 3.16. The van der Waals surface area contributed by atoms with E-state index in [1.165, 1.54) is 0 Å². The van der Waals surface area contributed by atoms with Crippen molar-refractivity contribution in [2.75, 3.05) is 7.05 Å². The van der Waals surface area contributed by atoms with Crippen LogP contribution in [0.3, 0.4) is 0 Å². The van der Waals surface area contributed by atoms with Crippen LogP contribution in [0, 0.1) is 0 Å². The maximum absolute atomic E-state index is 11.6. The van der Waals surface area contributed by atoms with E-state index in [9.17, 15) is 9.59 Å². The Balaban J connectivity index is 2.88. The van der Waals surface area contributed by atoms with Crippen LogP contribution < -0.4 is 0 Å². The van der Waals surface area contributed by atoms with Gasteiger partial charge in [0.05, 0.1) is 5.92 Å². The lowest BCUT2D eigenvalue weighted by Crippen LogP contribution is -2.39. The van der Waals surface area contributed by atoms with Gasteiger partial charge in [0.1, 0.15) is 6.29 Å². The van der Waals surface area contributed by atoms with Gasteiger partial charge in [0.15, 0.2) is 0 Å². The standard InChI is InChI=1S/C14H19NO2/c1-4-14(17)15(3)11(2)13(10-16)12-8-6-5-7-9-12/h5-11,13H,4H2,1-3H3/t11-,13?/m0/s1. The van der Waals surface area contributed by atoms with Gasteiger partial charge in [-0.05, 0) is 12.5 Å². The normalized spacial score (nSPS) is 13.8. The minimum absolute atomic E-state index is 0.0558. The highest BCUT2D eigenvalue weighted by Crippen LogP contribution is 2.21. The molecule has 0 heterocycles. The van der Waals surface area contributed by atoms with Crippen molar-refractivity contribution in [2.24, 2.45) is 0 Å². The molecule has 1 rings (SSSR count). The summed E-state index contributed by atoms with van der Waals surface area (Å²) < 4.78 is 0. The fourth-order valence-electron chi connectivity index (χ4n) is 1.86. The molecule has 0 saturated carbocycles. The minimum atomic E-state index is -0.267. The number of carbonyl (C=O) groups is 2. The molecule has 1 unspecified atom stereocenters. The summed E-state index contributed by atoms with van der Waals surface area (Å²) in [6.07, 6.45) is 1.38. The molecule has 0 N–H and O–H groups in total. The average Bonchev–Trinajstić information content (AvgIpc) is 2.38. The molecule has 17 heavy (non-hydrogen) atoms. The molecule has 3 heteroatoms. The number of likely N-dealkylation sites (N-methyl/N-ethyl adjacent to an activating group) is 1. The number of aldehydes is 1. The van der Waals surface area contributed by atoms with Crippen molar-refractivity contribution in [1.29, 1.82) is 0 Å². The van der Waals surface area contributed by atoms with Gasteiger partial charge >= 0.3 is 0 Å². The van der Waals surface area contributed by atoms with E-state index in [1.54, 1.807) is 11.9 Å². The summed E-state index contributed by atoms with van der Waals surface area (Å²) >= 11 is 0. The van der Waals surface area contributed by atoms with Gasteiger partial charge in [0.2, 0.25) is 5.91 Å². The van der Waals surface area contributed by atoms with E-state index in [4.69, 9.17) is 0 Å². The van der Waals surface area contributed by atoms with Crippen molar-refractivity contribution in [3.63, 3.8) is 0 Å². The van der Waals surface area contributed by atoms with Crippen molar-refractivity contribution in [1.82, 2.24) is 4.90 Å². The Labute approximate surface area is 102 Å².